The third kappa shape index (κ3) is 3.26. The SMILES string of the molecule is OC1CC(CNCc2cncc(Br)c2)C1. The van der Waals surface area contributed by atoms with Crippen LogP contribution < -0.4 is 5.32 Å². The van der Waals surface area contributed by atoms with Crippen LogP contribution in [-0.4, -0.2) is 22.7 Å². The number of nitrogens with one attached hydrogen (secondary N) is 1. The largest absolute Gasteiger partial charge is 0.393 e. The average molecular weight is 271 g/mol. The lowest BCUT2D eigenvalue weighted by Gasteiger charge is -2.31. The molecule has 0 bridgehead atoms. The molecule has 82 valence electrons. The smallest absolute Gasteiger partial charge is 0.0546 e. The maximum absolute atomic E-state index is 9.13. The van der Waals surface area contributed by atoms with Gasteiger partial charge in [0, 0.05) is 23.4 Å². The molecule has 0 aliphatic heterocycles. The Kier molecular flexibility index (Phi) is 3.72. The second-order valence-electron chi connectivity index (χ2n) is 4.13. The summed E-state index contributed by atoms with van der Waals surface area (Å²) in [4.78, 5) is 4.10. The number of aliphatic hydroxyl groups excluding tert-OH is 1. The Morgan fingerprint density at radius 1 is 1.47 bits per heavy atom. The number of aromatic nitrogens is 1. The second kappa shape index (κ2) is 5.05. The molecule has 2 rings (SSSR count). The van der Waals surface area contributed by atoms with E-state index in [-0.39, 0.29) is 6.10 Å². The van der Waals surface area contributed by atoms with E-state index < -0.39 is 0 Å². The highest BCUT2D eigenvalue weighted by atomic mass is 79.9. The van der Waals surface area contributed by atoms with Crippen LogP contribution in [0.3, 0.4) is 0 Å². The van der Waals surface area contributed by atoms with Gasteiger partial charge in [0.1, 0.15) is 0 Å². The molecule has 2 N–H and O–H groups in total. The van der Waals surface area contributed by atoms with E-state index in [9.17, 15) is 0 Å². The predicted octanol–water partition coefficient (Wildman–Crippen LogP) is 1.70. The van der Waals surface area contributed by atoms with E-state index in [2.05, 4.69) is 32.3 Å². The zero-order valence-corrected chi connectivity index (χ0v) is 10.1. The third-order valence-corrected chi connectivity index (χ3v) is 3.17. The summed E-state index contributed by atoms with van der Waals surface area (Å²) < 4.78 is 1.01. The highest BCUT2D eigenvalue weighted by Crippen LogP contribution is 2.26. The number of nitrogens with zero attached hydrogens (tertiary/aromatic N) is 1. The molecular formula is C11H15BrN2O. The first-order chi connectivity index (χ1) is 7.24. The summed E-state index contributed by atoms with van der Waals surface area (Å²) in [6, 6.07) is 2.07. The van der Waals surface area contributed by atoms with Crippen molar-refractivity contribution >= 4 is 15.9 Å². The summed E-state index contributed by atoms with van der Waals surface area (Å²) in [5, 5.41) is 12.5. The monoisotopic (exact) mass is 270 g/mol. The minimum Gasteiger partial charge on any atom is -0.393 e. The van der Waals surface area contributed by atoms with Gasteiger partial charge in [-0.1, -0.05) is 0 Å². The third-order valence-electron chi connectivity index (χ3n) is 2.73. The zero-order valence-electron chi connectivity index (χ0n) is 8.49. The average Bonchev–Trinajstić information content (AvgIpc) is 2.15. The van der Waals surface area contributed by atoms with Gasteiger partial charge in [-0.25, -0.2) is 0 Å². The van der Waals surface area contributed by atoms with E-state index in [1.54, 1.807) is 6.20 Å². The van der Waals surface area contributed by atoms with Crippen molar-refractivity contribution in [2.75, 3.05) is 6.54 Å². The predicted molar refractivity (Wildman–Crippen MR) is 62.4 cm³/mol. The molecule has 0 amide bonds. The van der Waals surface area contributed by atoms with Gasteiger partial charge in [-0.2, -0.15) is 0 Å². The van der Waals surface area contributed by atoms with Gasteiger partial charge in [-0.3, -0.25) is 4.98 Å². The van der Waals surface area contributed by atoms with Crippen LogP contribution in [0.4, 0.5) is 0 Å². The van der Waals surface area contributed by atoms with Gasteiger partial charge in [0.05, 0.1) is 6.10 Å². The normalized spacial score (nSPS) is 24.9. The number of halogens is 1. The molecule has 3 nitrogen and oxygen atoms in total. The molecule has 0 radical (unpaired) electrons. The maximum atomic E-state index is 9.13. The van der Waals surface area contributed by atoms with E-state index in [4.69, 9.17) is 5.11 Å². The van der Waals surface area contributed by atoms with E-state index >= 15 is 0 Å². The summed E-state index contributed by atoms with van der Waals surface area (Å²) in [5.74, 6) is 0.653. The molecule has 1 heterocycles. The fourth-order valence-electron chi connectivity index (χ4n) is 1.84. The molecule has 0 saturated heterocycles. The molecule has 1 aliphatic carbocycles. The van der Waals surface area contributed by atoms with Gasteiger partial charge in [0.2, 0.25) is 0 Å². The molecule has 1 aromatic heterocycles. The van der Waals surface area contributed by atoms with Gasteiger partial charge in [0.15, 0.2) is 0 Å². The molecule has 1 fully saturated rings. The minimum atomic E-state index is -0.0515. The van der Waals surface area contributed by atoms with Crippen LogP contribution in [0.5, 0.6) is 0 Å². The number of pyridine rings is 1. The minimum absolute atomic E-state index is 0.0515. The molecule has 0 spiro atoms. The number of aliphatic hydroxyl groups is 1. The van der Waals surface area contributed by atoms with E-state index in [1.165, 1.54) is 5.56 Å². The molecule has 1 aromatic rings. The fourth-order valence-corrected chi connectivity index (χ4v) is 2.25. The lowest BCUT2D eigenvalue weighted by atomic mass is 9.82. The van der Waals surface area contributed by atoms with Crippen LogP contribution >= 0.6 is 15.9 Å². The maximum Gasteiger partial charge on any atom is 0.0546 e. The highest BCUT2D eigenvalue weighted by Gasteiger charge is 2.26. The number of hydrogen-bond donors (Lipinski definition) is 2. The van der Waals surface area contributed by atoms with Crippen LogP contribution in [0.15, 0.2) is 22.9 Å². The van der Waals surface area contributed by atoms with E-state index in [1.807, 2.05) is 6.20 Å². The van der Waals surface area contributed by atoms with Crippen molar-refractivity contribution in [3.63, 3.8) is 0 Å². The Balaban J connectivity index is 1.69. The summed E-state index contributed by atoms with van der Waals surface area (Å²) in [5.41, 5.74) is 1.18. The number of hydrogen-bond acceptors (Lipinski definition) is 3. The molecule has 1 saturated carbocycles. The Morgan fingerprint density at radius 2 is 2.27 bits per heavy atom. The topological polar surface area (TPSA) is 45.1 Å². The van der Waals surface area contributed by atoms with Crippen LogP contribution in [0.1, 0.15) is 18.4 Å². The Bertz CT molecular complexity index is 326. The molecule has 4 heteroatoms. The van der Waals surface area contributed by atoms with Crippen molar-refractivity contribution in [2.24, 2.45) is 5.92 Å². The van der Waals surface area contributed by atoms with Gasteiger partial charge in [-0.05, 0) is 52.9 Å². The fraction of sp³-hybridized carbons (Fsp3) is 0.545. The Hall–Kier alpha value is -0.450. The van der Waals surface area contributed by atoms with Crippen LogP contribution in [0, 0.1) is 5.92 Å². The highest BCUT2D eigenvalue weighted by molar-refractivity contribution is 9.10. The first-order valence-electron chi connectivity index (χ1n) is 5.22. The first kappa shape index (κ1) is 11.0. The molecule has 0 unspecified atom stereocenters. The van der Waals surface area contributed by atoms with Crippen molar-refractivity contribution in [3.05, 3.63) is 28.5 Å². The molecule has 0 aromatic carbocycles. The van der Waals surface area contributed by atoms with Gasteiger partial charge in [-0.15, -0.1) is 0 Å². The van der Waals surface area contributed by atoms with Crippen LogP contribution in [0.25, 0.3) is 0 Å². The summed E-state index contributed by atoms with van der Waals surface area (Å²) >= 11 is 3.39. The van der Waals surface area contributed by atoms with Crippen LogP contribution in [-0.2, 0) is 6.54 Å². The van der Waals surface area contributed by atoms with Crippen molar-refractivity contribution < 1.29 is 5.11 Å². The van der Waals surface area contributed by atoms with Crippen molar-refractivity contribution in [1.29, 1.82) is 0 Å². The summed E-state index contributed by atoms with van der Waals surface area (Å²) in [6.07, 6.45) is 5.50. The molecule has 0 atom stereocenters. The second-order valence-corrected chi connectivity index (χ2v) is 5.05. The quantitative estimate of drug-likeness (QED) is 0.876. The lowest BCUT2D eigenvalue weighted by Crippen LogP contribution is -2.35. The zero-order chi connectivity index (χ0) is 10.7. The van der Waals surface area contributed by atoms with Gasteiger partial charge >= 0.3 is 0 Å². The summed E-state index contributed by atoms with van der Waals surface area (Å²) in [7, 11) is 0. The Morgan fingerprint density at radius 3 is 2.93 bits per heavy atom. The standard InChI is InChI=1S/C11H15BrN2O/c12-10-1-9(6-14-7-10)5-13-4-8-2-11(15)3-8/h1,6-8,11,13,15H,2-5H2. The molecule has 15 heavy (non-hydrogen) atoms. The van der Waals surface area contributed by atoms with Gasteiger partial charge in [0.25, 0.3) is 0 Å². The van der Waals surface area contributed by atoms with E-state index in [0.717, 1.165) is 30.4 Å². The molecular weight excluding hydrogens is 256 g/mol. The first-order valence-corrected chi connectivity index (χ1v) is 6.01. The molecule has 1 aliphatic rings. The van der Waals surface area contributed by atoms with Crippen molar-refractivity contribution in [2.45, 2.75) is 25.5 Å². The van der Waals surface area contributed by atoms with Crippen molar-refractivity contribution in [3.8, 4) is 0 Å². The van der Waals surface area contributed by atoms with Gasteiger partial charge < -0.3 is 10.4 Å². The Labute approximate surface area is 98.0 Å². The summed E-state index contributed by atoms with van der Waals surface area (Å²) in [6.45, 7) is 1.84. The van der Waals surface area contributed by atoms with Crippen molar-refractivity contribution in [1.82, 2.24) is 10.3 Å². The van der Waals surface area contributed by atoms with Crippen LogP contribution in [0.2, 0.25) is 0 Å². The lowest BCUT2D eigenvalue weighted by molar-refractivity contribution is 0.0430. The van der Waals surface area contributed by atoms with E-state index in [0.29, 0.717) is 5.92 Å². The number of rotatable bonds is 4.